The van der Waals surface area contributed by atoms with Crippen LogP contribution < -0.4 is 9.47 Å². The van der Waals surface area contributed by atoms with Gasteiger partial charge in [0.15, 0.2) is 12.6 Å². The lowest BCUT2D eigenvalue weighted by atomic mass is 9.78. The minimum absolute atomic E-state index is 0.287. The zero-order chi connectivity index (χ0) is 42.2. The number of hydrogen-bond donors (Lipinski definition) is 1. The predicted molar refractivity (Wildman–Crippen MR) is 239 cm³/mol. The molecule has 1 fully saturated rings. The number of benzene rings is 3. The van der Waals surface area contributed by atoms with Crippen LogP contribution in [0.3, 0.4) is 0 Å². The first-order chi connectivity index (χ1) is 26.4. The molecule has 0 amide bonds. The van der Waals surface area contributed by atoms with Crippen LogP contribution in [0.15, 0.2) is 72.8 Å². The van der Waals surface area contributed by atoms with Crippen LogP contribution >= 0.6 is 0 Å². The van der Waals surface area contributed by atoms with Crippen LogP contribution in [0.5, 0.6) is 17.2 Å². The smallest absolute Gasteiger partial charge is 0.317 e. The topological polar surface area (TPSA) is 94.1 Å². The average Bonchev–Trinajstić information content (AvgIpc) is 3.06. The van der Waals surface area contributed by atoms with E-state index in [4.69, 9.17) is 35.4 Å². The molecule has 4 rings (SSSR count). The highest BCUT2D eigenvalue weighted by atomic mass is 28.5. The zero-order valence-corrected chi connectivity index (χ0v) is 41.3. The summed E-state index contributed by atoms with van der Waals surface area (Å²) in [5.41, 5.74) is 3.52. The predicted octanol–water partition coefficient (Wildman–Crippen LogP) is 12.2. The Labute approximate surface area is 348 Å². The summed E-state index contributed by atoms with van der Waals surface area (Å²) in [6.45, 7) is 29.7. The number of ether oxygens (including phenoxy) is 4. The Kier molecular flexibility index (Phi) is 16.5. The molecule has 3 aromatic rings. The minimum atomic E-state index is -2.54. The average molecular weight is 857 g/mol. The normalized spacial score (nSPS) is 20.3. The summed E-state index contributed by atoms with van der Waals surface area (Å²) in [6, 6.07) is 25.5. The molecule has 0 spiro atoms. The molecule has 318 valence electrons. The number of phenols is 1. The highest BCUT2D eigenvalue weighted by molar-refractivity contribution is 6.93. The highest BCUT2D eigenvalue weighted by Crippen LogP contribution is 2.40. The quantitative estimate of drug-likeness (QED) is 0.0762. The summed E-state index contributed by atoms with van der Waals surface area (Å²) in [6.07, 6.45) is 3.03. The molecule has 3 aromatic carbocycles. The second kappa shape index (κ2) is 19.8. The van der Waals surface area contributed by atoms with Gasteiger partial charge in [0.25, 0.3) is 0 Å². The number of rotatable bonds is 18. The van der Waals surface area contributed by atoms with E-state index in [1.54, 1.807) is 12.1 Å². The molecule has 0 aliphatic carbocycles. The lowest BCUT2D eigenvalue weighted by Gasteiger charge is -2.47. The molecule has 57 heavy (non-hydrogen) atoms. The molecule has 1 heterocycles. The summed E-state index contributed by atoms with van der Waals surface area (Å²) in [4.78, 5) is 0. The van der Waals surface area contributed by atoms with Gasteiger partial charge in [-0.05, 0) is 183 Å². The highest BCUT2D eigenvalue weighted by Gasteiger charge is 2.52. The van der Waals surface area contributed by atoms with Crippen molar-refractivity contribution in [2.45, 2.75) is 162 Å². The van der Waals surface area contributed by atoms with Gasteiger partial charge in [0.1, 0.15) is 17.2 Å². The second-order valence-corrected chi connectivity index (χ2v) is 32.7. The molecular formula is C44H72O9Si4. The molecular weight excluding hydrogens is 785 g/mol. The number of aromatic hydroxyl groups is 1. The van der Waals surface area contributed by atoms with Crippen molar-refractivity contribution in [2.24, 2.45) is 0 Å². The van der Waals surface area contributed by atoms with E-state index in [-0.39, 0.29) is 17.6 Å². The minimum Gasteiger partial charge on any atom is -0.508 e. The van der Waals surface area contributed by atoms with Gasteiger partial charge in [-0.2, -0.15) is 0 Å². The molecule has 5 atom stereocenters. The maximum absolute atomic E-state index is 9.90. The maximum Gasteiger partial charge on any atom is 0.317 e. The second-order valence-electron chi connectivity index (χ2n) is 18.2. The third-order valence-electron chi connectivity index (χ3n) is 10.0. The van der Waals surface area contributed by atoms with Gasteiger partial charge in [0.2, 0.25) is 0 Å². The van der Waals surface area contributed by atoms with E-state index in [9.17, 15) is 5.11 Å². The fourth-order valence-corrected chi connectivity index (χ4v) is 29.8. The van der Waals surface area contributed by atoms with E-state index in [1.165, 1.54) is 16.7 Å². The van der Waals surface area contributed by atoms with Crippen LogP contribution in [0.25, 0.3) is 0 Å². The van der Waals surface area contributed by atoms with E-state index in [0.29, 0.717) is 24.4 Å². The summed E-state index contributed by atoms with van der Waals surface area (Å²) < 4.78 is 50.9. The van der Waals surface area contributed by atoms with Crippen LogP contribution in [-0.2, 0) is 25.9 Å². The van der Waals surface area contributed by atoms with Gasteiger partial charge in [-0.1, -0.05) is 50.2 Å². The van der Waals surface area contributed by atoms with Crippen LogP contribution in [0.1, 0.15) is 109 Å². The van der Waals surface area contributed by atoms with Crippen molar-refractivity contribution in [3.63, 3.8) is 0 Å². The Morgan fingerprint density at radius 2 is 1.05 bits per heavy atom. The van der Waals surface area contributed by atoms with Crippen molar-refractivity contribution in [2.75, 3.05) is 6.61 Å². The molecule has 13 heteroatoms. The summed E-state index contributed by atoms with van der Waals surface area (Å²) in [7, 11) is -9.67. The summed E-state index contributed by atoms with van der Waals surface area (Å²) in [5.74, 6) is 2.84. The van der Waals surface area contributed by atoms with Gasteiger partial charge in [0, 0.05) is 0 Å². The first-order valence-electron chi connectivity index (χ1n) is 20.9. The Morgan fingerprint density at radius 3 is 1.54 bits per heavy atom. The van der Waals surface area contributed by atoms with Gasteiger partial charge >= 0.3 is 34.2 Å². The number of phenolic OH excluding ortho intramolecular Hbond substituents is 1. The van der Waals surface area contributed by atoms with Crippen molar-refractivity contribution < 1.29 is 40.5 Å². The number of hydrogen-bond acceptors (Lipinski definition) is 9. The van der Waals surface area contributed by atoms with Crippen molar-refractivity contribution in [3.05, 3.63) is 89.5 Å². The monoisotopic (exact) mass is 856 g/mol. The van der Waals surface area contributed by atoms with Gasteiger partial charge in [-0.3, -0.25) is 0 Å². The van der Waals surface area contributed by atoms with Gasteiger partial charge in [-0.25, -0.2) is 0 Å². The van der Waals surface area contributed by atoms with E-state index >= 15 is 0 Å². The van der Waals surface area contributed by atoms with Crippen molar-refractivity contribution in [1.82, 2.24) is 0 Å². The largest absolute Gasteiger partial charge is 0.508 e. The molecule has 0 saturated carbocycles. The third-order valence-corrected chi connectivity index (χ3v) is 26.5. The Morgan fingerprint density at radius 1 is 0.596 bits per heavy atom. The fraction of sp³-hybridized carbons (Fsp3) is 0.591. The summed E-state index contributed by atoms with van der Waals surface area (Å²) in [5, 5.41) is 9.90. The van der Waals surface area contributed by atoms with Crippen LogP contribution in [0.4, 0.5) is 0 Å². The zero-order valence-electron chi connectivity index (χ0n) is 37.3. The maximum atomic E-state index is 9.90. The molecule has 5 unspecified atom stereocenters. The van der Waals surface area contributed by atoms with E-state index < -0.39 is 40.5 Å². The molecule has 1 aliphatic heterocycles. The molecule has 1 saturated heterocycles. The Bertz CT molecular complexity index is 1640. The first kappa shape index (κ1) is 47.4. The standard InChI is InChI=1S/C44H72O9Si4/c1-15-36(32-40(31-33(2)37-17-23-41(45)24-18-37)39-21-27-43(28-22-39)48-35(4)49-44(5,6)7)38-19-25-42(26-20-38)47-34(3)46-29-16-30-57(14)52-55(10,11)50-54(8,9)51-56(12,13)53-57/h17-28,33-36,40,45H,15-16,29-32H2,1-14H3. The Balaban J connectivity index is 1.37. The Hall–Kier alpha value is -2.31. The van der Waals surface area contributed by atoms with E-state index in [2.05, 4.69) is 108 Å². The molecule has 9 nitrogen and oxygen atoms in total. The lowest BCUT2D eigenvalue weighted by molar-refractivity contribution is -0.140. The SMILES string of the molecule is CCC(CC(CC(C)c1ccc(O)cc1)c1ccc(OC(C)OC(C)(C)C)cc1)c1ccc(OC(C)OCCC[Si]2(C)O[Si](C)(C)O[Si](C)(C)O[Si](C)(C)O2)cc1. The van der Waals surface area contributed by atoms with Crippen molar-refractivity contribution in [3.8, 4) is 17.2 Å². The molecule has 0 bridgehead atoms. The van der Waals surface area contributed by atoms with Crippen LogP contribution in [0, 0.1) is 0 Å². The van der Waals surface area contributed by atoms with E-state index in [1.807, 2.05) is 46.8 Å². The first-order valence-corrected chi connectivity index (χ1v) is 31.8. The molecule has 0 aromatic heterocycles. The molecule has 0 radical (unpaired) electrons. The van der Waals surface area contributed by atoms with Crippen molar-refractivity contribution >= 4 is 34.2 Å². The fourth-order valence-electron chi connectivity index (χ4n) is 8.24. The van der Waals surface area contributed by atoms with Crippen LogP contribution in [-0.4, -0.2) is 64.1 Å². The molecule has 1 N–H and O–H groups in total. The van der Waals surface area contributed by atoms with Gasteiger partial charge in [-0.15, -0.1) is 0 Å². The van der Waals surface area contributed by atoms with Gasteiger partial charge in [0.05, 0.1) is 12.2 Å². The van der Waals surface area contributed by atoms with Gasteiger partial charge < -0.3 is 40.5 Å². The lowest BCUT2D eigenvalue weighted by Crippen LogP contribution is -2.65. The summed E-state index contributed by atoms with van der Waals surface area (Å²) >= 11 is 0. The third kappa shape index (κ3) is 16.0. The van der Waals surface area contributed by atoms with E-state index in [0.717, 1.165) is 43.2 Å². The molecule has 1 aliphatic rings. The van der Waals surface area contributed by atoms with Crippen LogP contribution in [0.2, 0.25) is 51.9 Å². The van der Waals surface area contributed by atoms with Crippen molar-refractivity contribution in [1.29, 1.82) is 0 Å².